The topological polar surface area (TPSA) is 70.4 Å². The molecular formula is C17H23N7O. The monoisotopic (exact) mass is 341 g/mol. The van der Waals surface area contributed by atoms with Gasteiger partial charge in [0.2, 0.25) is 0 Å². The lowest BCUT2D eigenvalue weighted by molar-refractivity contribution is 0.229. The van der Waals surface area contributed by atoms with Gasteiger partial charge in [-0.25, -0.2) is 14.8 Å². The van der Waals surface area contributed by atoms with E-state index in [-0.39, 0.29) is 6.03 Å². The van der Waals surface area contributed by atoms with Crippen LogP contribution in [0.3, 0.4) is 0 Å². The number of hydrogen-bond acceptors (Lipinski definition) is 5. The smallest absolute Gasteiger partial charge is 0.324 e. The van der Waals surface area contributed by atoms with E-state index in [2.05, 4.69) is 33.8 Å². The van der Waals surface area contributed by atoms with Gasteiger partial charge in [0, 0.05) is 51.5 Å². The molecule has 132 valence electrons. The second kappa shape index (κ2) is 6.02. The van der Waals surface area contributed by atoms with Gasteiger partial charge in [0.15, 0.2) is 0 Å². The maximum absolute atomic E-state index is 12.1. The average molecular weight is 341 g/mol. The Balaban J connectivity index is 1.41. The number of rotatable bonds is 4. The number of likely N-dealkylation sites (N-methyl/N-ethyl adjacent to an activating group) is 1. The van der Waals surface area contributed by atoms with E-state index in [1.807, 2.05) is 30.2 Å². The van der Waals surface area contributed by atoms with Crippen molar-refractivity contribution < 1.29 is 4.79 Å². The van der Waals surface area contributed by atoms with Gasteiger partial charge in [-0.3, -0.25) is 9.58 Å². The van der Waals surface area contributed by atoms with Crippen LogP contribution in [0.5, 0.6) is 0 Å². The highest BCUT2D eigenvalue weighted by Crippen LogP contribution is 2.28. The van der Waals surface area contributed by atoms with Crippen LogP contribution in [-0.4, -0.2) is 63.9 Å². The van der Waals surface area contributed by atoms with Gasteiger partial charge < -0.3 is 9.80 Å². The Kier molecular flexibility index (Phi) is 3.82. The second-order valence-corrected chi connectivity index (χ2v) is 7.02. The van der Waals surface area contributed by atoms with Gasteiger partial charge in [0.1, 0.15) is 11.6 Å². The summed E-state index contributed by atoms with van der Waals surface area (Å²) in [7, 11) is 1.82. The van der Waals surface area contributed by atoms with Crippen molar-refractivity contribution in [3.63, 3.8) is 0 Å². The van der Waals surface area contributed by atoms with Gasteiger partial charge in [0.05, 0.1) is 17.9 Å². The van der Waals surface area contributed by atoms with Crippen LogP contribution in [0.25, 0.3) is 0 Å². The molecule has 2 aromatic heterocycles. The predicted octanol–water partition coefficient (Wildman–Crippen LogP) is 1.73. The van der Waals surface area contributed by atoms with Gasteiger partial charge in [0.25, 0.3) is 0 Å². The van der Waals surface area contributed by atoms with E-state index in [1.165, 1.54) is 0 Å². The predicted molar refractivity (Wildman–Crippen MR) is 95.0 cm³/mol. The largest absolute Gasteiger partial charge is 0.352 e. The molecular weight excluding hydrogens is 318 g/mol. The van der Waals surface area contributed by atoms with E-state index in [4.69, 9.17) is 0 Å². The fourth-order valence-electron chi connectivity index (χ4n) is 3.18. The molecule has 25 heavy (non-hydrogen) atoms. The van der Waals surface area contributed by atoms with Gasteiger partial charge in [-0.1, -0.05) is 13.8 Å². The SMILES string of the molecule is CC(C)c1nccc(N2CC(n3cc(N4CCN(C)C4=O)cn3)C2)n1. The molecule has 2 aliphatic rings. The summed E-state index contributed by atoms with van der Waals surface area (Å²) >= 11 is 0. The zero-order valence-corrected chi connectivity index (χ0v) is 14.8. The van der Waals surface area contributed by atoms with Crippen molar-refractivity contribution in [2.45, 2.75) is 25.8 Å². The molecule has 2 fully saturated rings. The molecule has 2 aromatic rings. The van der Waals surface area contributed by atoms with Crippen molar-refractivity contribution in [3.8, 4) is 0 Å². The summed E-state index contributed by atoms with van der Waals surface area (Å²) in [5.41, 5.74) is 0.872. The van der Waals surface area contributed by atoms with Crippen LogP contribution in [0.1, 0.15) is 31.6 Å². The number of anilines is 2. The molecule has 0 aliphatic carbocycles. The summed E-state index contributed by atoms with van der Waals surface area (Å²) in [5, 5.41) is 4.46. The van der Waals surface area contributed by atoms with Crippen LogP contribution < -0.4 is 9.80 Å². The fourth-order valence-corrected chi connectivity index (χ4v) is 3.18. The van der Waals surface area contributed by atoms with Gasteiger partial charge in [-0.2, -0.15) is 5.10 Å². The Hall–Kier alpha value is -2.64. The van der Waals surface area contributed by atoms with Crippen molar-refractivity contribution in [2.24, 2.45) is 0 Å². The first kappa shape index (κ1) is 15.9. The van der Waals surface area contributed by atoms with E-state index in [0.29, 0.717) is 12.0 Å². The number of aromatic nitrogens is 4. The van der Waals surface area contributed by atoms with Gasteiger partial charge in [-0.05, 0) is 6.07 Å². The molecule has 0 aromatic carbocycles. The fraction of sp³-hybridized carbons (Fsp3) is 0.529. The van der Waals surface area contributed by atoms with Crippen molar-refractivity contribution >= 4 is 17.5 Å². The highest BCUT2D eigenvalue weighted by Gasteiger charge is 2.32. The maximum Gasteiger partial charge on any atom is 0.324 e. The van der Waals surface area contributed by atoms with Crippen LogP contribution >= 0.6 is 0 Å². The summed E-state index contributed by atoms with van der Waals surface area (Å²) in [5.74, 6) is 2.17. The molecule has 0 radical (unpaired) electrons. The second-order valence-electron chi connectivity index (χ2n) is 7.02. The van der Waals surface area contributed by atoms with Crippen molar-refractivity contribution in [1.29, 1.82) is 0 Å². The van der Waals surface area contributed by atoms with E-state index >= 15 is 0 Å². The summed E-state index contributed by atoms with van der Waals surface area (Å²) in [4.78, 5) is 26.8. The van der Waals surface area contributed by atoms with Crippen molar-refractivity contribution in [3.05, 3.63) is 30.5 Å². The Morgan fingerprint density at radius 2 is 2.04 bits per heavy atom. The first-order chi connectivity index (χ1) is 12.0. The van der Waals surface area contributed by atoms with Crippen LogP contribution in [0.2, 0.25) is 0 Å². The summed E-state index contributed by atoms with van der Waals surface area (Å²) in [6.45, 7) is 7.40. The minimum atomic E-state index is 0.0389. The summed E-state index contributed by atoms with van der Waals surface area (Å²) in [6, 6.07) is 2.30. The molecule has 8 heteroatoms. The Morgan fingerprint density at radius 1 is 1.24 bits per heavy atom. The Bertz CT molecular complexity index is 781. The lowest BCUT2D eigenvalue weighted by Gasteiger charge is -2.40. The quantitative estimate of drug-likeness (QED) is 0.847. The molecule has 2 amide bonds. The lowest BCUT2D eigenvalue weighted by Crippen LogP contribution is -2.48. The van der Waals surface area contributed by atoms with Crippen LogP contribution in [-0.2, 0) is 0 Å². The number of amides is 2. The highest BCUT2D eigenvalue weighted by atomic mass is 16.2. The molecule has 0 bridgehead atoms. The summed E-state index contributed by atoms with van der Waals surface area (Å²) in [6.07, 6.45) is 5.58. The highest BCUT2D eigenvalue weighted by molar-refractivity contribution is 5.93. The van der Waals surface area contributed by atoms with E-state index in [9.17, 15) is 4.79 Å². The third-order valence-corrected chi connectivity index (χ3v) is 4.85. The molecule has 0 spiro atoms. The number of carbonyl (C=O) groups excluding carboxylic acids is 1. The molecule has 2 saturated heterocycles. The number of carbonyl (C=O) groups is 1. The first-order valence-corrected chi connectivity index (χ1v) is 8.67. The van der Waals surface area contributed by atoms with E-state index in [0.717, 1.165) is 43.5 Å². The normalized spacial score (nSPS) is 18.4. The standard InChI is InChI=1S/C17H23N7O/c1-12(2)16-18-5-4-15(20-16)22-9-14(10-22)24-11-13(8-19-24)23-7-6-21(3)17(23)25/h4-5,8,11-12,14H,6-7,9-10H2,1-3H3. The van der Waals surface area contributed by atoms with Crippen LogP contribution in [0, 0.1) is 0 Å². The van der Waals surface area contributed by atoms with Crippen molar-refractivity contribution in [1.82, 2.24) is 24.6 Å². The minimum Gasteiger partial charge on any atom is -0.352 e. The molecule has 4 heterocycles. The zero-order valence-electron chi connectivity index (χ0n) is 14.8. The maximum atomic E-state index is 12.1. The van der Waals surface area contributed by atoms with Gasteiger partial charge >= 0.3 is 6.03 Å². The molecule has 0 unspecified atom stereocenters. The van der Waals surface area contributed by atoms with E-state index in [1.54, 1.807) is 16.0 Å². The lowest BCUT2D eigenvalue weighted by atomic mass is 10.1. The third kappa shape index (κ3) is 2.81. The molecule has 0 saturated carbocycles. The number of nitrogens with zero attached hydrogens (tertiary/aromatic N) is 7. The zero-order chi connectivity index (χ0) is 17.6. The van der Waals surface area contributed by atoms with Crippen LogP contribution in [0.15, 0.2) is 24.7 Å². The molecule has 0 N–H and O–H groups in total. The summed E-state index contributed by atoms with van der Waals surface area (Å²) < 4.78 is 1.96. The average Bonchev–Trinajstić information content (AvgIpc) is 3.14. The third-order valence-electron chi connectivity index (χ3n) is 4.85. The number of urea groups is 1. The molecule has 8 nitrogen and oxygen atoms in total. The van der Waals surface area contributed by atoms with E-state index < -0.39 is 0 Å². The van der Waals surface area contributed by atoms with Crippen LogP contribution in [0.4, 0.5) is 16.3 Å². The van der Waals surface area contributed by atoms with Gasteiger partial charge in [-0.15, -0.1) is 0 Å². The first-order valence-electron chi connectivity index (χ1n) is 8.67. The molecule has 0 atom stereocenters. The van der Waals surface area contributed by atoms with Crippen molar-refractivity contribution in [2.75, 3.05) is 43.0 Å². The molecule has 4 rings (SSSR count). The number of hydrogen-bond donors (Lipinski definition) is 0. The minimum absolute atomic E-state index is 0.0389. The Labute approximate surface area is 147 Å². The Morgan fingerprint density at radius 3 is 2.72 bits per heavy atom. The molecule has 2 aliphatic heterocycles.